The van der Waals surface area contributed by atoms with E-state index in [2.05, 4.69) is 27.1 Å². The molecular formula is C21H20N4O. The number of aromatic nitrogens is 3. The summed E-state index contributed by atoms with van der Waals surface area (Å²) in [5.41, 5.74) is 5.89. The van der Waals surface area contributed by atoms with Gasteiger partial charge in [0.05, 0.1) is 11.3 Å². The van der Waals surface area contributed by atoms with Crippen molar-refractivity contribution < 1.29 is 4.79 Å². The first-order valence-electron chi connectivity index (χ1n) is 8.81. The molecule has 1 aliphatic heterocycles. The lowest BCUT2D eigenvalue weighted by Gasteiger charge is -2.20. The van der Waals surface area contributed by atoms with Crippen molar-refractivity contribution in [3.63, 3.8) is 0 Å². The van der Waals surface area contributed by atoms with E-state index in [1.54, 1.807) is 18.7 Å². The minimum Gasteiger partial charge on any atom is -0.338 e. The smallest absolute Gasteiger partial charge is 0.255 e. The maximum atomic E-state index is 12.9. The number of carbonyl (C=O) groups is 1. The summed E-state index contributed by atoms with van der Waals surface area (Å²) < 4.78 is 0. The normalized spacial score (nSPS) is 13.8. The molecule has 3 heterocycles. The summed E-state index contributed by atoms with van der Waals surface area (Å²) >= 11 is 0. The summed E-state index contributed by atoms with van der Waals surface area (Å²) in [4.78, 5) is 27.9. The van der Waals surface area contributed by atoms with E-state index in [0.29, 0.717) is 18.7 Å². The van der Waals surface area contributed by atoms with E-state index in [1.807, 2.05) is 36.1 Å². The van der Waals surface area contributed by atoms with Gasteiger partial charge < -0.3 is 4.90 Å². The molecule has 0 radical (unpaired) electrons. The number of pyridine rings is 1. The molecule has 5 heteroatoms. The first-order chi connectivity index (χ1) is 12.7. The highest BCUT2D eigenvalue weighted by molar-refractivity contribution is 5.94. The van der Waals surface area contributed by atoms with E-state index in [-0.39, 0.29) is 5.91 Å². The zero-order valence-electron chi connectivity index (χ0n) is 14.7. The van der Waals surface area contributed by atoms with Gasteiger partial charge in [-0.2, -0.15) is 0 Å². The van der Waals surface area contributed by atoms with Crippen LogP contribution in [-0.4, -0.2) is 38.8 Å². The van der Waals surface area contributed by atoms with Gasteiger partial charge in [-0.05, 0) is 25.0 Å². The molecule has 5 nitrogen and oxygen atoms in total. The van der Waals surface area contributed by atoms with Gasteiger partial charge in [-0.25, -0.2) is 9.97 Å². The molecule has 0 atom stereocenters. The van der Waals surface area contributed by atoms with Crippen molar-refractivity contribution >= 4 is 5.91 Å². The van der Waals surface area contributed by atoms with Gasteiger partial charge in [-0.3, -0.25) is 9.78 Å². The minimum atomic E-state index is 0.0308. The zero-order valence-corrected chi connectivity index (χ0v) is 14.7. The highest BCUT2D eigenvalue weighted by atomic mass is 16.2. The Morgan fingerprint density at radius 3 is 2.65 bits per heavy atom. The molecule has 130 valence electrons. The van der Waals surface area contributed by atoms with Crippen LogP contribution in [0.15, 0.2) is 55.1 Å². The van der Waals surface area contributed by atoms with Crippen LogP contribution in [0.1, 0.15) is 27.2 Å². The maximum Gasteiger partial charge on any atom is 0.255 e. The lowest BCUT2D eigenvalue weighted by Crippen LogP contribution is -2.33. The number of hydrogen-bond acceptors (Lipinski definition) is 4. The Balaban J connectivity index is 1.61. The molecule has 0 unspecified atom stereocenters. The molecular weight excluding hydrogens is 324 g/mol. The molecule has 1 amide bonds. The number of nitrogens with zero attached hydrogens (tertiary/aromatic N) is 4. The number of fused-ring (bicyclic) bond motifs is 1. The second-order valence-corrected chi connectivity index (χ2v) is 6.56. The van der Waals surface area contributed by atoms with Crippen LogP contribution in [0.4, 0.5) is 0 Å². The monoisotopic (exact) mass is 344 g/mol. The third-order valence-electron chi connectivity index (χ3n) is 4.74. The highest BCUT2D eigenvalue weighted by Crippen LogP contribution is 2.26. The van der Waals surface area contributed by atoms with Gasteiger partial charge in [0.15, 0.2) is 0 Å². The van der Waals surface area contributed by atoms with E-state index in [9.17, 15) is 4.79 Å². The van der Waals surface area contributed by atoms with Gasteiger partial charge in [0.2, 0.25) is 0 Å². The minimum absolute atomic E-state index is 0.0308. The molecule has 0 fully saturated rings. The van der Waals surface area contributed by atoms with Gasteiger partial charge in [0, 0.05) is 48.7 Å². The van der Waals surface area contributed by atoms with Crippen molar-refractivity contribution in [3.05, 3.63) is 77.5 Å². The number of amides is 1. The van der Waals surface area contributed by atoms with E-state index >= 15 is 0 Å². The first-order valence-corrected chi connectivity index (χ1v) is 8.81. The van der Waals surface area contributed by atoms with Gasteiger partial charge >= 0.3 is 0 Å². The number of hydrogen-bond donors (Lipinski definition) is 0. The van der Waals surface area contributed by atoms with E-state index in [4.69, 9.17) is 0 Å². The number of rotatable bonds is 2. The molecule has 0 saturated carbocycles. The Hall–Kier alpha value is -3.08. The summed E-state index contributed by atoms with van der Waals surface area (Å²) in [5.74, 6) is 0.0308. The van der Waals surface area contributed by atoms with Crippen LogP contribution in [-0.2, 0) is 12.8 Å². The fourth-order valence-electron chi connectivity index (χ4n) is 3.43. The van der Waals surface area contributed by atoms with Gasteiger partial charge in [0.25, 0.3) is 5.91 Å². The van der Waals surface area contributed by atoms with Crippen molar-refractivity contribution in [2.45, 2.75) is 19.8 Å². The van der Waals surface area contributed by atoms with Crippen LogP contribution in [0.2, 0.25) is 0 Å². The Morgan fingerprint density at radius 2 is 1.85 bits per heavy atom. The molecule has 26 heavy (non-hydrogen) atoms. The van der Waals surface area contributed by atoms with Crippen LogP contribution in [0.25, 0.3) is 11.3 Å². The fraction of sp³-hybridized carbons (Fsp3) is 0.238. The van der Waals surface area contributed by atoms with Crippen LogP contribution >= 0.6 is 0 Å². The molecule has 2 aromatic heterocycles. The molecule has 3 aromatic rings. The predicted octanol–water partition coefficient (Wildman–Crippen LogP) is 3.09. The van der Waals surface area contributed by atoms with Crippen LogP contribution in [0, 0.1) is 6.92 Å². The number of benzene rings is 1. The summed E-state index contributed by atoms with van der Waals surface area (Å²) in [7, 11) is 0. The molecule has 0 N–H and O–H groups in total. The predicted molar refractivity (Wildman–Crippen MR) is 99.8 cm³/mol. The van der Waals surface area contributed by atoms with E-state index < -0.39 is 0 Å². The molecule has 0 saturated heterocycles. The summed E-state index contributed by atoms with van der Waals surface area (Å²) in [5, 5.41) is 0. The summed E-state index contributed by atoms with van der Waals surface area (Å²) in [6, 6.07) is 12.0. The Labute approximate surface area is 152 Å². The lowest BCUT2D eigenvalue weighted by molar-refractivity contribution is 0.0762. The molecule has 0 aliphatic carbocycles. The largest absolute Gasteiger partial charge is 0.338 e. The second-order valence-electron chi connectivity index (χ2n) is 6.56. The van der Waals surface area contributed by atoms with E-state index in [0.717, 1.165) is 40.9 Å². The first kappa shape index (κ1) is 16.4. The molecule has 1 aliphatic rings. The average molecular weight is 344 g/mol. The topological polar surface area (TPSA) is 59.0 Å². The number of aryl methyl sites for hydroxylation is 1. The lowest BCUT2D eigenvalue weighted by atomic mass is 10.0. The van der Waals surface area contributed by atoms with Crippen molar-refractivity contribution in [1.29, 1.82) is 0 Å². The molecule has 1 aromatic carbocycles. The van der Waals surface area contributed by atoms with Crippen LogP contribution < -0.4 is 0 Å². The third-order valence-corrected chi connectivity index (χ3v) is 4.74. The molecule has 0 spiro atoms. The third kappa shape index (κ3) is 3.20. The van der Waals surface area contributed by atoms with Crippen molar-refractivity contribution in [1.82, 2.24) is 19.9 Å². The highest BCUT2D eigenvalue weighted by Gasteiger charge is 2.23. The Kier molecular flexibility index (Phi) is 4.44. The van der Waals surface area contributed by atoms with Crippen LogP contribution in [0.5, 0.6) is 0 Å². The molecule has 4 rings (SSSR count). The van der Waals surface area contributed by atoms with Crippen molar-refractivity contribution in [2.24, 2.45) is 0 Å². The van der Waals surface area contributed by atoms with E-state index in [1.165, 1.54) is 0 Å². The van der Waals surface area contributed by atoms with Crippen molar-refractivity contribution in [2.75, 3.05) is 13.1 Å². The Bertz CT molecular complexity index is 940. The van der Waals surface area contributed by atoms with Gasteiger partial charge in [-0.15, -0.1) is 0 Å². The zero-order chi connectivity index (χ0) is 17.9. The average Bonchev–Trinajstić information content (AvgIpc) is 2.91. The quantitative estimate of drug-likeness (QED) is 0.717. The summed E-state index contributed by atoms with van der Waals surface area (Å²) in [6.07, 6.45) is 6.52. The summed E-state index contributed by atoms with van der Waals surface area (Å²) in [6.45, 7) is 3.27. The number of carbonyl (C=O) groups excluding carboxylic acids is 1. The van der Waals surface area contributed by atoms with Crippen molar-refractivity contribution in [3.8, 4) is 11.3 Å². The second kappa shape index (κ2) is 7.04. The van der Waals surface area contributed by atoms with Gasteiger partial charge in [-0.1, -0.05) is 30.3 Å². The Morgan fingerprint density at radius 1 is 1.04 bits per heavy atom. The maximum absolute atomic E-state index is 12.9. The standard InChI is InChI=1S/C21H20N4O/c1-15-11-17(13-22-12-15)21(26)25-9-7-18-19(8-10-25)23-14-24-20(18)16-5-3-2-4-6-16/h2-6,11-14H,7-10H2,1H3. The van der Waals surface area contributed by atoms with Gasteiger partial charge in [0.1, 0.15) is 6.33 Å². The SMILES string of the molecule is Cc1cncc(C(=O)N2CCc3ncnc(-c4ccccc4)c3CC2)c1. The molecule has 0 bridgehead atoms. The van der Waals surface area contributed by atoms with Crippen LogP contribution in [0.3, 0.4) is 0 Å². The fourth-order valence-corrected chi connectivity index (χ4v) is 3.43.